The van der Waals surface area contributed by atoms with E-state index in [1.807, 2.05) is 38.1 Å². The van der Waals surface area contributed by atoms with Crippen LogP contribution in [-0.2, 0) is 14.3 Å². The van der Waals surface area contributed by atoms with E-state index in [4.69, 9.17) is 9.84 Å². The first kappa shape index (κ1) is 15.0. The predicted octanol–water partition coefficient (Wildman–Crippen LogP) is 2.00. The summed E-state index contributed by atoms with van der Waals surface area (Å²) in [6.45, 7) is 4.96. The van der Waals surface area contributed by atoms with Gasteiger partial charge in [0.15, 0.2) is 0 Å². The van der Waals surface area contributed by atoms with E-state index < -0.39 is 11.9 Å². The summed E-state index contributed by atoms with van der Waals surface area (Å²) in [7, 11) is 0. The van der Waals surface area contributed by atoms with Crippen LogP contribution in [0.1, 0.15) is 30.6 Å². The number of morpholine rings is 1. The molecule has 118 valence electrons. The summed E-state index contributed by atoms with van der Waals surface area (Å²) in [5.41, 5.74) is 2.24. The minimum absolute atomic E-state index is 0.0113. The highest BCUT2D eigenvalue weighted by Crippen LogP contribution is 2.41. The zero-order chi connectivity index (χ0) is 15.9. The van der Waals surface area contributed by atoms with Gasteiger partial charge in [0, 0.05) is 0 Å². The van der Waals surface area contributed by atoms with Gasteiger partial charge in [0.25, 0.3) is 0 Å². The van der Waals surface area contributed by atoms with Crippen LogP contribution >= 0.6 is 0 Å². The van der Waals surface area contributed by atoms with Crippen LogP contribution in [0.2, 0.25) is 0 Å². The van der Waals surface area contributed by atoms with Crippen molar-refractivity contribution in [2.75, 3.05) is 13.2 Å². The lowest BCUT2D eigenvalue weighted by Gasteiger charge is -2.39. The average molecular weight is 303 g/mol. The normalized spacial score (nSPS) is 30.9. The Kier molecular flexibility index (Phi) is 3.91. The van der Waals surface area contributed by atoms with Crippen LogP contribution in [0.3, 0.4) is 0 Å². The van der Waals surface area contributed by atoms with Gasteiger partial charge >= 0.3 is 5.97 Å². The van der Waals surface area contributed by atoms with Crippen LogP contribution in [0, 0.1) is 18.8 Å². The summed E-state index contributed by atoms with van der Waals surface area (Å²) >= 11 is 0. The highest BCUT2D eigenvalue weighted by atomic mass is 16.5. The Bertz CT molecular complexity index is 600. The van der Waals surface area contributed by atoms with E-state index in [1.54, 1.807) is 4.90 Å². The van der Waals surface area contributed by atoms with Crippen molar-refractivity contribution in [1.82, 2.24) is 4.90 Å². The largest absolute Gasteiger partial charge is 0.481 e. The van der Waals surface area contributed by atoms with E-state index >= 15 is 0 Å². The van der Waals surface area contributed by atoms with Crippen molar-refractivity contribution in [3.8, 4) is 0 Å². The van der Waals surface area contributed by atoms with Gasteiger partial charge in [-0.15, -0.1) is 0 Å². The highest BCUT2D eigenvalue weighted by Gasteiger charge is 2.51. The molecule has 0 aromatic heterocycles. The number of rotatable bonds is 3. The molecule has 2 fully saturated rings. The molecular formula is C17H21NO4. The number of nitrogens with zero attached hydrogens (tertiary/aromatic N) is 1. The number of amides is 1. The van der Waals surface area contributed by atoms with Crippen LogP contribution in [0.15, 0.2) is 24.3 Å². The number of carboxylic acid groups (broad SMARTS) is 1. The molecule has 1 N–H and O–H groups in total. The number of carbonyl (C=O) groups is 2. The monoisotopic (exact) mass is 303 g/mol. The second-order valence-electron chi connectivity index (χ2n) is 6.31. The van der Waals surface area contributed by atoms with Crippen molar-refractivity contribution in [3.05, 3.63) is 35.4 Å². The fraction of sp³-hybridized carbons (Fsp3) is 0.529. The number of ether oxygens (including phenoxy) is 1. The third-order valence-electron chi connectivity index (χ3n) is 4.68. The Morgan fingerprint density at radius 1 is 1.27 bits per heavy atom. The topological polar surface area (TPSA) is 66.8 Å². The number of benzene rings is 1. The molecule has 4 atom stereocenters. The molecular weight excluding hydrogens is 282 g/mol. The second-order valence-corrected chi connectivity index (χ2v) is 6.31. The van der Waals surface area contributed by atoms with Crippen molar-refractivity contribution in [3.63, 3.8) is 0 Å². The summed E-state index contributed by atoms with van der Waals surface area (Å²) in [6, 6.07) is 7.99. The summed E-state index contributed by atoms with van der Waals surface area (Å²) in [5.74, 6) is -1.76. The van der Waals surface area contributed by atoms with Gasteiger partial charge in [-0.25, -0.2) is 0 Å². The lowest BCUT2D eigenvalue weighted by Crippen LogP contribution is -2.49. The molecule has 1 aliphatic carbocycles. The van der Waals surface area contributed by atoms with Gasteiger partial charge in [-0.2, -0.15) is 0 Å². The SMILES string of the molecule is Cc1ccccc1C1CN(C(=O)C2CC2C(=O)O)C(C)CO1. The maximum absolute atomic E-state index is 12.6. The first-order valence-corrected chi connectivity index (χ1v) is 7.69. The van der Waals surface area contributed by atoms with Gasteiger partial charge in [0.1, 0.15) is 6.10 Å². The van der Waals surface area contributed by atoms with Crippen molar-refractivity contribution < 1.29 is 19.4 Å². The maximum Gasteiger partial charge on any atom is 0.307 e. The molecule has 5 heteroatoms. The second kappa shape index (κ2) is 5.72. The molecule has 0 radical (unpaired) electrons. The fourth-order valence-electron chi connectivity index (χ4n) is 3.15. The molecule has 3 rings (SSSR count). The molecule has 5 nitrogen and oxygen atoms in total. The predicted molar refractivity (Wildman–Crippen MR) is 80.3 cm³/mol. The van der Waals surface area contributed by atoms with E-state index in [2.05, 4.69) is 0 Å². The lowest BCUT2D eigenvalue weighted by molar-refractivity contribution is -0.149. The van der Waals surface area contributed by atoms with E-state index in [0.717, 1.165) is 11.1 Å². The molecule has 1 amide bonds. The molecule has 22 heavy (non-hydrogen) atoms. The van der Waals surface area contributed by atoms with E-state index in [9.17, 15) is 9.59 Å². The van der Waals surface area contributed by atoms with Crippen LogP contribution in [0.4, 0.5) is 0 Å². The summed E-state index contributed by atoms with van der Waals surface area (Å²) in [5, 5.41) is 9.01. The highest BCUT2D eigenvalue weighted by molar-refractivity contribution is 5.89. The van der Waals surface area contributed by atoms with Crippen LogP contribution in [-0.4, -0.2) is 41.1 Å². The summed E-state index contributed by atoms with van der Waals surface area (Å²) in [6.07, 6.45) is 0.330. The number of carbonyl (C=O) groups excluding carboxylic acids is 1. The molecule has 1 saturated carbocycles. The van der Waals surface area contributed by atoms with Crippen molar-refractivity contribution >= 4 is 11.9 Å². The molecule has 4 unspecified atom stereocenters. The van der Waals surface area contributed by atoms with Crippen molar-refractivity contribution in [1.29, 1.82) is 0 Å². The molecule has 1 aromatic carbocycles. The average Bonchev–Trinajstić information content (AvgIpc) is 3.28. The zero-order valence-electron chi connectivity index (χ0n) is 12.9. The molecule has 0 spiro atoms. The Morgan fingerprint density at radius 3 is 2.64 bits per heavy atom. The van der Waals surface area contributed by atoms with Gasteiger partial charge in [0.05, 0.1) is 31.0 Å². The van der Waals surface area contributed by atoms with Gasteiger partial charge in [-0.1, -0.05) is 24.3 Å². The maximum atomic E-state index is 12.6. The molecule has 2 aliphatic rings. The van der Waals surface area contributed by atoms with Gasteiger partial charge in [-0.3, -0.25) is 9.59 Å². The standard InChI is InChI=1S/C17H21NO4/c1-10-5-3-4-6-12(10)15-8-18(11(2)9-22-15)16(19)13-7-14(13)17(20)21/h3-6,11,13-15H,7-9H2,1-2H3,(H,20,21). The first-order chi connectivity index (χ1) is 10.5. The Hall–Kier alpha value is -1.88. The third kappa shape index (κ3) is 2.73. The fourth-order valence-corrected chi connectivity index (χ4v) is 3.15. The zero-order valence-corrected chi connectivity index (χ0v) is 12.9. The van der Waals surface area contributed by atoms with Crippen LogP contribution in [0.5, 0.6) is 0 Å². The van der Waals surface area contributed by atoms with Crippen molar-refractivity contribution in [2.45, 2.75) is 32.4 Å². The third-order valence-corrected chi connectivity index (χ3v) is 4.68. The minimum Gasteiger partial charge on any atom is -0.481 e. The number of hydrogen-bond acceptors (Lipinski definition) is 3. The van der Waals surface area contributed by atoms with E-state index in [1.165, 1.54) is 0 Å². The molecule has 1 saturated heterocycles. The summed E-state index contributed by atoms with van der Waals surface area (Å²) < 4.78 is 5.90. The lowest BCUT2D eigenvalue weighted by atomic mass is 10.0. The summed E-state index contributed by atoms with van der Waals surface area (Å²) in [4.78, 5) is 25.3. The first-order valence-electron chi connectivity index (χ1n) is 7.69. The molecule has 1 aliphatic heterocycles. The quantitative estimate of drug-likeness (QED) is 0.927. The molecule has 1 aromatic rings. The van der Waals surface area contributed by atoms with Crippen molar-refractivity contribution in [2.24, 2.45) is 11.8 Å². The Morgan fingerprint density at radius 2 is 2.00 bits per heavy atom. The van der Waals surface area contributed by atoms with Crippen LogP contribution in [0.25, 0.3) is 0 Å². The molecule has 1 heterocycles. The Labute approximate surface area is 129 Å². The van der Waals surface area contributed by atoms with Gasteiger partial charge < -0.3 is 14.7 Å². The minimum atomic E-state index is -0.866. The van der Waals surface area contributed by atoms with E-state index in [0.29, 0.717) is 19.6 Å². The number of carboxylic acids is 1. The number of hydrogen-bond donors (Lipinski definition) is 1. The van der Waals surface area contributed by atoms with Crippen LogP contribution < -0.4 is 0 Å². The number of aliphatic carboxylic acids is 1. The van der Waals surface area contributed by atoms with Gasteiger partial charge in [-0.05, 0) is 31.4 Å². The van der Waals surface area contributed by atoms with Gasteiger partial charge in [0.2, 0.25) is 5.91 Å². The number of aryl methyl sites for hydroxylation is 1. The smallest absolute Gasteiger partial charge is 0.307 e. The Balaban J connectivity index is 1.73. The molecule has 0 bridgehead atoms. The van der Waals surface area contributed by atoms with E-state index in [-0.39, 0.29) is 24.0 Å².